The van der Waals surface area contributed by atoms with Crippen molar-refractivity contribution in [2.24, 2.45) is 17.8 Å². The first kappa shape index (κ1) is 3.71. The van der Waals surface area contributed by atoms with E-state index in [0.717, 1.165) is 17.8 Å². The molecule has 3 aliphatic rings. The van der Waals surface area contributed by atoms with Crippen LogP contribution in [0, 0.1) is 17.8 Å². The van der Waals surface area contributed by atoms with E-state index >= 15 is 0 Å². The summed E-state index contributed by atoms with van der Waals surface area (Å²) in [4.78, 5) is 0. The lowest BCUT2D eigenvalue weighted by Crippen LogP contribution is -1.95. The maximum absolute atomic E-state index is 2.49. The Kier molecular flexibility index (Phi) is 0.415. The Hall–Kier alpha value is -0.260. The summed E-state index contributed by atoms with van der Waals surface area (Å²) >= 11 is 0. The van der Waals surface area contributed by atoms with Crippen molar-refractivity contribution in [2.75, 3.05) is 0 Å². The molecule has 0 aromatic carbocycles. The summed E-state index contributed by atoms with van der Waals surface area (Å²) < 4.78 is 0. The molecule has 2 fully saturated rings. The topological polar surface area (TPSA) is 0 Å². The van der Waals surface area contributed by atoms with Crippen LogP contribution in [0.1, 0.15) is 19.3 Å². The molecule has 0 saturated heterocycles. The van der Waals surface area contributed by atoms with Gasteiger partial charge in [0.2, 0.25) is 0 Å². The summed E-state index contributed by atoms with van der Waals surface area (Å²) in [5.41, 5.74) is 1.83. The average molecular weight is 106 g/mol. The summed E-state index contributed by atoms with van der Waals surface area (Å²) in [6.45, 7) is 0. The van der Waals surface area contributed by atoms with Gasteiger partial charge in [-0.15, -0.1) is 0 Å². The van der Waals surface area contributed by atoms with Gasteiger partial charge in [-0.05, 0) is 31.1 Å². The molecule has 3 atom stereocenters. The van der Waals surface area contributed by atoms with Crippen molar-refractivity contribution in [2.45, 2.75) is 19.3 Å². The van der Waals surface area contributed by atoms with E-state index in [-0.39, 0.29) is 0 Å². The average Bonchev–Trinajstić information content (AvgIpc) is 2.39. The predicted molar refractivity (Wildman–Crippen MR) is 32.4 cm³/mol. The van der Waals surface area contributed by atoms with Crippen LogP contribution in [0.15, 0.2) is 11.6 Å². The largest absolute Gasteiger partial charge is 0.0770 e. The Morgan fingerprint density at radius 3 is 2.88 bits per heavy atom. The molecule has 0 aromatic rings. The van der Waals surface area contributed by atoms with Crippen molar-refractivity contribution < 1.29 is 0 Å². The maximum Gasteiger partial charge on any atom is 0.00112 e. The second-order valence-electron chi connectivity index (χ2n) is 3.46. The lowest BCUT2D eigenvalue weighted by molar-refractivity contribution is 0.521. The molecule has 2 bridgehead atoms. The number of fused-ring (bicyclic) bond motifs is 5. The van der Waals surface area contributed by atoms with Gasteiger partial charge < -0.3 is 0 Å². The monoisotopic (exact) mass is 106 g/mol. The van der Waals surface area contributed by atoms with E-state index in [4.69, 9.17) is 0 Å². The molecule has 0 radical (unpaired) electrons. The van der Waals surface area contributed by atoms with Crippen LogP contribution in [0.25, 0.3) is 0 Å². The van der Waals surface area contributed by atoms with Crippen LogP contribution >= 0.6 is 0 Å². The Morgan fingerprint density at radius 1 is 1.38 bits per heavy atom. The molecule has 2 saturated carbocycles. The first-order valence-electron chi connectivity index (χ1n) is 3.67. The van der Waals surface area contributed by atoms with Gasteiger partial charge in [0, 0.05) is 5.92 Å². The normalized spacial score (nSPS) is 56.0. The van der Waals surface area contributed by atoms with E-state index in [1.165, 1.54) is 12.8 Å². The van der Waals surface area contributed by atoms with Crippen molar-refractivity contribution in [3.8, 4) is 0 Å². The van der Waals surface area contributed by atoms with Crippen molar-refractivity contribution in [3.63, 3.8) is 0 Å². The molecule has 0 N–H and O–H groups in total. The molecule has 3 rings (SSSR count). The summed E-state index contributed by atoms with van der Waals surface area (Å²) in [5.74, 6) is 3.23. The molecule has 3 aliphatic carbocycles. The first-order chi connectivity index (χ1) is 3.95. The SMILES string of the molecule is C1=C2C3CCC(C3)C12. The number of rotatable bonds is 0. The predicted octanol–water partition coefficient (Wildman–Crippen LogP) is 1.97. The summed E-state index contributed by atoms with van der Waals surface area (Å²) in [5, 5.41) is 0. The van der Waals surface area contributed by atoms with Gasteiger partial charge in [-0.2, -0.15) is 0 Å². The van der Waals surface area contributed by atoms with Gasteiger partial charge in [0.05, 0.1) is 0 Å². The van der Waals surface area contributed by atoms with Crippen molar-refractivity contribution >= 4 is 0 Å². The Labute approximate surface area is 49.6 Å². The van der Waals surface area contributed by atoms with Crippen molar-refractivity contribution in [1.82, 2.24) is 0 Å². The summed E-state index contributed by atoms with van der Waals surface area (Å²) in [7, 11) is 0. The molecule has 0 heterocycles. The minimum absolute atomic E-state index is 1.04. The zero-order chi connectivity index (χ0) is 5.14. The Balaban J connectivity index is 2.09. The highest BCUT2D eigenvalue weighted by Crippen LogP contribution is 2.60. The second-order valence-corrected chi connectivity index (χ2v) is 3.46. The molecule has 42 valence electrons. The smallest absolute Gasteiger partial charge is 0.00112 e. The lowest BCUT2D eigenvalue weighted by atomic mass is 10.00. The fraction of sp³-hybridized carbons (Fsp3) is 0.750. The van der Waals surface area contributed by atoms with E-state index in [1.807, 2.05) is 5.57 Å². The highest BCUT2D eigenvalue weighted by Gasteiger charge is 2.49. The van der Waals surface area contributed by atoms with Crippen LogP contribution in [0.5, 0.6) is 0 Å². The lowest BCUT2D eigenvalue weighted by Gasteiger charge is -2.05. The van der Waals surface area contributed by atoms with Gasteiger partial charge in [0.15, 0.2) is 0 Å². The van der Waals surface area contributed by atoms with Gasteiger partial charge in [0.25, 0.3) is 0 Å². The molecule has 0 spiro atoms. The summed E-state index contributed by atoms with van der Waals surface area (Å²) in [6.07, 6.45) is 7.10. The van der Waals surface area contributed by atoms with E-state index < -0.39 is 0 Å². The van der Waals surface area contributed by atoms with Crippen molar-refractivity contribution in [3.05, 3.63) is 11.6 Å². The third kappa shape index (κ3) is 0.249. The van der Waals surface area contributed by atoms with Gasteiger partial charge in [0.1, 0.15) is 0 Å². The van der Waals surface area contributed by atoms with E-state index in [2.05, 4.69) is 6.08 Å². The quantitative estimate of drug-likeness (QED) is 0.414. The van der Waals surface area contributed by atoms with E-state index in [1.54, 1.807) is 6.42 Å². The highest BCUT2D eigenvalue weighted by molar-refractivity contribution is 5.39. The van der Waals surface area contributed by atoms with Gasteiger partial charge in [-0.1, -0.05) is 11.6 Å². The second kappa shape index (κ2) is 0.896. The van der Waals surface area contributed by atoms with Crippen molar-refractivity contribution in [1.29, 1.82) is 0 Å². The van der Waals surface area contributed by atoms with Crippen LogP contribution in [-0.4, -0.2) is 0 Å². The Bertz CT molecular complexity index is 167. The molecule has 3 unspecified atom stereocenters. The fourth-order valence-electron chi connectivity index (χ4n) is 2.62. The van der Waals surface area contributed by atoms with E-state index in [0.29, 0.717) is 0 Å². The zero-order valence-corrected chi connectivity index (χ0v) is 4.93. The zero-order valence-electron chi connectivity index (χ0n) is 4.93. The third-order valence-electron chi connectivity index (χ3n) is 3.10. The molecule has 0 amide bonds. The molecular weight excluding hydrogens is 96.1 g/mol. The van der Waals surface area contributed by atoms with Gasteiger partial charge in [-0.25, -0.2) is 0 Å². The van der Waals surface area contributed by atoms with Gasteiger partial charge in [-0.3, -0.25) is 0 Å². The van der Waals surface area contributed by atoms with Crippen LogP contribution in [0.4, 0.5) is 0 Å². The van der Waals surface area contributed by atoms with E-state index in [9.17, 15) is 0 Å². The third-order valence-corrected chi connectivity index (χ3v) is 3.10. The minimum Gasteiger partial charge on any atom is -0.0770 e. The molecule has 0 nitrogen and oxygen atoms in total. The Morgan fingerprint density at radius 2 is 2.38 bits per heavy atom. The maximum atomic E-state index is 2.49. The molecule has 0 heteroatoms. The highest BCUT2D eigenvalue weighted by atomic mass is 14.5. The first-order valence-corrected chi connectivity index (χ1v) is 3.67. The molecular formula is C8H10. The van der Waals surface area contributed by atoms with Crippen LogP contribution in [0.2, 0.25) is 0 Å². The number of hydrogen-bond donors (Lipinski definition) is 0. The molecule has 0 aromatic heterocycles. The molecule has 8 heavy (non-hydrogen) atoms. The van der Waals surface area contributed by atoms with Crippen LogP contribution in [-0.2, 0) is 0 Å². The number of allylic oxidation sites excluding steroid dienone is 2. The summed E-state index contributed by atoms with van der Waals surface area (Å²) in [6, 6.07) is 0. The van der Waals surface area contributed by atoms with Crippen LogP contribution in [0.3, 0.4) is 0 Å². The van der Waals surface area contributed by atoms with Crippen LogP contribution < -0.4 is 0 Å². The molecule has 0 aliphatic heterocycles. The standard InChI is InChI=1S/C8H10/c1-2-6-3-5(1)7-4-8(6)7/h4-7H,1-3H2. The minimum atomic E-state index is 1.04. The van der Waals surface area contributed by atoms with Gasteiger partial charge >= 0.3 is 0 Å². The fourth-order valence-corrected chi connectivity index (χ4v) is 2.62. The number of hydrogen-bond acceptors (Lipinski definition) is 0.